The first kappa shape index (κ1) is 22.1. The van der Waals surface area contributed by atoms with Gasteiger partial charge in [0.25, 0.3) is 5.91 Å². The predicted molar refractivity (Wildman–Crippen MR) is 124 cm³/mol. The van der Waals surface area contributed by atoms with E-state index < -0.39 is 23.5 Å². The van der Waals surface area contributed by atoms with E-state index in [2.05, 4.69) is 15.9 Å². The van der Waals surface area contributed by atoms with Crippen LogP contribution < -0.4 is 4.74 Å². The molecule has 32 heavy (non-hydrogen) atoms. The SMILES string of the molecule is COc1cccc(C2C(C(=O)c3cc4cc(Br)ccc4o3)=C(O)C(=O)N2CCN(C)C)c1. The van der Waals surface area contributed by atoms with E-state index >= 15 is 0 Å². The molecule has 0 saturated carbocycles. The Hall–Kier alpha value is -3.10. The third-order valence-corrected chi connectivity index (χ3v) is 5.94. The lowest BCUT2D eigenvalue weighted by Crippen LogP contribution is -2.36. The summed E-state index contributed by atoms with van der Waals surface area (Å²) in [5.41, 5.74) is 1.21. The van der Waals surface area contributed by atoms with Crippen LogP contribution in [0.25, 0.3) is 11.0 Å². The Morgan fingerprint density at radius 3 is 2.72 bits per heavy atom. The quantitative estimate of drug-likeness (QED) is 0.487. The molecule has 1 N–H and O–H groups in total. The summed E-state index contributed by atoms with van der Waals surface area (Å²) < 4.78 is 12.0. The molecule has 7 nitrogen and oxygen atoms in total. The lowest BCUT2D eigenvalue weighted by molar-refractivity contribution is -0.129. The number of likely N-dealkylation sites (N-methyl/N-ethyl adjacent to an activating group) is 1. The third kappa shape index (κ3) is 4.03. The van der Waals surface area contributed by atoms with Crippen LogP contribution in [0.5, 0.6) is 5.75 Å². The molecule has 0 spiro atoms. The van der Waals surface area contributed by atoms with Crippen molar-refractivity contribution in [2.45, 2.75) is 6.04 Å². The number of hydrogen-bond acceptors (Lipinski definition) is 6. The molecule has 2 heterocycles. The van der Waals surface area contributed by atoms with Crippen LogP contribution in [-0.4, -0.2) is 60.9 Å². The van der Waals surface area contributed by atoms with Gasteiger partial charge < -0.3 is 24.1 Å². The van der Waals surface area contributed by atoms with Crippen LogP contribution in [0.4, 0.5) is 0 Å². The number of carbonyl (C=O) groups is 2. The lowest BCUT2D eigenvalue weighted by Gasteiger charge is -2.28. The molecule has 166 valence electrons. The maximum Gasteiger partial charge on any atom is 0.290 e. The first-order valence-corrected chi connectivity index (χ1v) is 10.9. The number of methoxy groups -OCH3 is 1. The van der Waals surface area contributed by atoms with Gasteiger partial charge in [0.05, 0.1) is 18.7 Å². The van der Waals surface area contributed by atoms with Gasteiger partial charge in [-0.1, -0.05) is 28.1 Å². The van der Waals surface area contributed by atoms with Gasteiger partial charge in [-0.15, -0.1) is 0 Å². The molecule has 0 fully saturated rings. The van der Waals surface area contributed by atoms with Crippen LogP contribution in [0.1, 0.15) is 22.2 Å². The Morgan fingerprint density at radius 1 is 1.22 bits per heavy atom. The molecule has 0 saturated heterocycles. The van der Waals surface area contributed by atoms with E-state index in [0.717, 1.165) is 9.86 Å². The summed E-state index contributed by atoms with van der Waals surface area (Å²) in [6, 6.07) is 13.4. The molecule has 1 aromatic heterocycles. The summed E-state index contributed by atoms with van der Waals surface area (Å²) in [6.07, 6.45) is 0. The molecule has 1 aliphatic rings. The Labute approximate surface area is 194 Å². The number of furan rings is 1. The smallest absolute Gasteiger partial charge is 0.290 e. The van der Waals surface area contributed by atoms with Gasteiger partial charge in [-0.25, -0.2) is 0 Å². The summed E-state index contributed by atoms with van der Waals surface area (Å²) in [4.78, 5) is 30.0. The number of fused-ring (bicyclic) bond motifs is 1. The van der Waals surface area contributed by atoms with Crippen LogP contribution in [0, 0.1) is 0 Å². The van der Waals surface area contributed by atoms with E-state index in [9.17, 15) is 14.7 Å². The van der Waals surface area contributed by atoms with Crippen LogP contribution in [-0.2, 0) is 4.79 Å². The van der Waals surface area contributed by atoms with Crippen LogP contribution in [0.3, 0.4) is 0 Å². The number of aliphatic hydroxyl groups is 1. The monoisotopic (exact) mass is 498 g/mol. The highest BCUT2D eigenvalue weighted by Gasteiger charge is 2.44. The van der Waals surface area contributed by atoms with E-state index in [1.165, 1.54) is 4.90 Å². The van der Waals surface area contributed by atoms with Crippen molar-refractivity contribution in [3.8, 4) is 5.75 Å². The number of halogens is 1. The second-order valence-corrected chi connectivity index (χ2v) is 8.78. The topological polar surface area (TPSA) is 83.2 Å². The number of carbonyl (C=O) groups excluding carboxylic acids is 2. The normalized spacial score (nSPS) is 16.5. The van der Waals surface area contributed by atoms with Crippen LogP contribution >= 0.6 is 15.9 Å². The van der Waals surface area contributed by atoms with Gasteiger partial charge in [0.2, 0.25) is 5.78 Å². The van der Waals surface area contributed by atoms with Gasteiger partial charge in [0.1, 0.15) is 11.3 Å². The molecule has 8 heteroatoms. The van der Waals surface area contributed by atoms with Gasteiger partial charge in [-0.2, -0.15) is 0 Å². The molecular formula is C24H23BrN2O5. The number of amides is 1. The number of rotatable bonds is 7. The molecule has 2 aromatic carbocycles. The summed E-state index contributed by atoms with van der Waals surface area (Å²) in [5.74, 6) is -1.00. The largest absolute Gasteiger partial charge is 0.503 e. The summed E-state index contributed by atoms with van der Waals surface area (Å²) in [6.45, 7) is 0.904. The van der Waals surface area contributed by atoms with E-state index in [-0.39, 0.29) is 11.3 Å². The van der Waals surface area contributed by atoms with E-state index in [0.29, 0.717) is 30.0 Å². The van der Waals surface area contributed by atoms with Crippen LogP contribution in [0.15, 0.2) is 68.8 Å². The second kappa shape index (κ2) is 8.80. The zero-order valence-corrected chi connectivity index (χ0v) is 19.5. The molecule has 0 radical (unpaired) electrons. The minimum atomic E-state index is -0.759. The Morgan fingerprint density at radius 2 is 2.00 bits per heavy atom. The predicted octanol–water partition coefficient (Wildman–Crippen LogP) is 4.34. The van der Waals surface area contributed by atoms with Crippen molar-refractivity contribution in [2.24, 2.45) is 0 Å². The summed E-state index contributed by atoms with van der Waals surface area (Å²) in [7, 11) is 5.34. The highest BCUT2D eigenvalue weighted by Crippen LogP contribution is 2.40. The molecule has 1 amide bonds. The zero-order chi connectivity index (χ0) is 23.0. The Bertz CT molecular complexity index is 1230. The van der Waals surface area contributed by atoms with Gasteiger partial charge in [0.15, 0.2) is 11.5 Å². The molecule has 4 rings (SSSR count). The lowest BCUT2D eigenvalue weighted by atomic mass is 9.95. The number of ketones is 1. The molecule has 3 aromatic rings. The molecule has 0 aliphatic carbocycles. The molecule has 1 unspecified atom stereocenters. The highest BCUT2D eigenvalue weighted by atomic mass is 79.9. The first-order valence-electron chi connectivity index (χ1n) is 10.1. The van der Waals surface area contributed by atoms with Gasteiger partial charge in [0, 0.05) is 22.9 Å². The van der Waals surface area contributed by atoms with Crippen molar-refractivity contribution in [3.63, 3.8) is 0 Å². The highest BCUT2D eigenvalue weighted by molar-refractivity contribution is 9.10. The number of ether oxygens (including phenoxy) is 1. The van der Waals surface area contributed by atoms with Crippen molar-refractivity contribution < 1.29 is 23.8 Å². The summed E-state index contributed by atoms with van der Waals surface area (Å²) in [5, 5.41) is 11.5. The number of aliphatic hydroxyl groups excluding tert-OH is 1. The van der Waals surface area contributed by atoms with Gasteiger partial charge in [-0.3, -0.25) is 9.59 Å². The molecule has 0 bridgehead atoms. The van der Waals surface area contributed by atoms with Crippen LogP contribution in [0.2, 0.25) is 0 Å². The van der Waals surface area contributed by atoms with E-state index in [1.807, 2.05) is 37.2 Å². The standard InChI is InChI=1S/C24H23BrN2O5/c1-26(2)9-10-27-21(14-5-4-6-17(12-14)31-3)20(23(29)24(27)30)22(28)19-13-15-11-16(25)7-8-18(15)32-19/h4-8,11-13,21,29H,9-10H2,1-3H3. The van der Waals surface area contributed by atoms with Gasteiger partial charge >= 0.3 is 0 Å². The van der Waals surface area contributed by atoms with E-state index in [1.54, 1.807) is 37.4 Å². The van der Waals surface area contributed by atoms with Crippen molar-refractivity contribution in [3.05, 3.63) is 75.7 Å². The zero-order valence-electron chi connectivity index (χ0n) is 18.0. The average Bonchev–Trinajstić information content (AvgIpc) is 3.30. The van der Waals surface area contributed by atoms with Crippen molar-refractivity contribution in [2.75, 3.05) is 34.3 Å². The second-order valence-electron chi connectivity index (χ2n) is 7.87. The van der Waals surface area contributed by atoms with Crippen molar-refractivity contribution >= 4 is 38.6 Å². The fourth-order valence-corrected chi connectivity index (χ4v) is 4.22. The van der Waals surface area contributed by atoms with Crippen molar-refractivity contribution in [1.29, 1.82) is 0 Å². The van der Waals surface area contributed by atoms with E-state index in [4.69, 9.17) is 9.15 Å². The Kier molecular flexibility index (Phi) is 6.08. The number of nitrogens with zero attached hydrogens (tertiary/aromatic N) is 2. The van der Waals surface area contributed by atoms with Crippen molar-refractivity contribution in [1.82, 2.24) is 9.80 Å². The fraction of sp³-hybridized carbons (Fsp3) is 0.250. The minimum absolute atomic E-state index is 0.000121. The molecule has 1 aliphatic heterocycles. The number of Topliss-reactive ketones (excluding diaryl/α,β-unsaturated/α-hetero) is 1. The minimum Gasteiger partial charge on any atom is -0.503 e. The summed E-state index contributed by atoms with van der Waals surface area (Å²) >= 11 is 3.41. The number of benzene rings is 2. The maximum absolute atomic E-state index is 13.5. The first-order chi connectivity index (χ1) is 15.3. The molecule has 1 atom stereocenters. The number of hydrogen-bond donors (Lipinski definition) is 1. The van der Waals surface area contributed by atoms with Gasteiger partial charge in [-0.05, 0) is 56.1 Å². The average molecular weight is 499 g/mol. The molecular weight excluding hydrogens is 476 g/mol. The Balaban J connectivity index is 1.80. The third-order valence-electron chi connectivity index (χ3n) is 5.45. The fourth-order valence-electron chi connectivity index (χ4n) is 3.84. The maximum atomic E-state index is 13.5.